The molecule has 2 rings (SSSR count). The van der Waals surface area contributed by atoms with Gasteiger partial charge in [-0.3, -0.25) is 14.3 Å². The van der Waals surface area contributed by atoms with Crippen molar-refractivity contribution in [2.45, 2.75) is 13.5 Å². The van der Waals surface area contributed by atoms with E-state index in [1.807, 2.05) is 0 Å². The molecule has 5 nitrogen and oxygen atoms in total. The second-order valence-electron chi connectivity index (χ2n) is 3.28. The first-order chi connectivity index (χ1) is 7.56. The van der Waals surface area contributed by atoms with Crippen LogP contribution in [0.5, 0.6) is 0 Å². The first-order valence-corrected chi connectivity index (χ1v) is 5.66. The third-order valence-electron chi connectivity index (χ3n) is 2.04. The van der Waals surface area contributed by atoms with Crippen LogP contribution in [0, 0.1) is 6.92 Å². The maximum absolute atomic E-state index is 11.5. The molecule has 1 N–H and O–H groups in total. The van der Waals surface area contributed by atoms with Gasteiger partial charge in [0.25, 0.3) is 5.56 Å². The zero-order valence-electron chi connectivity index (χ0n) is 8.36. The number of nitrogens with one attached hydrogen (secondary N) is 1. The molecular weight excluding hydrogens is 250 g/mol. The van der Waals surface area contributed by atoms with Gasteiger partial charge in [-0.25, -0.2) is 9.78 Å². The van der Waals surface area contributed by atoms with Gasteiger partial charge < -0.3 is 0 Å². The van der Waals surface area contributed by atoms with Gasteiger partial charge in [-0.15, -0.1) is 11.3 Å². The number of aromatic amines is 1. The molecule has 16 heavy (non-hydrogen) atoms. The highest BCUT2D eigenvalue weighted by Crippen LogP contribution is 2.17. The number of thiazole rings is 1. The van der Waals surface area contributed by atoms with Crippen LogP contribution in [0.3, 0.4) is 0 Å². The minimum absolute atomic E-state index is 0.358. The molecular formula is C9H8ClN3O2S. The third-order valence-corrected chi connectivity index (χ3v) is 3.14. The Morgan fingerprint density at radius 2 is 2.31 bits per heavy atom. The van der Waals surface area contributed by atoms with Gasteiger partial charge in [0.05, 0.1) is 6.54 Å². The molecule has 2 aromatic rings. The summed E-state index contributed by atoms with van der Waals surface area (Å²) in [5.41, 5.74) is -0.293. The Morgan fingerprint density at radius 3 is 2.94 bits per heavy atom. The minimum atomic E-state index is -0.430. The quantitative estimate of drug-likeness (QED) is 0.873. The fourth-order valence-electron chi connectivity index (χ4n) is 1.26. The van der Waals surface area contributed by atoms with E-state index in [1.54, 1.807) is 13.1 Å². The first kappa shape index (κ1) is 11.1. The van der Waals surface area contributed by atoms with Gasteiger partial charge >= 0.3 is 5.69 Å². The second kappa shape index (κ2) is 4.23. The van der Waals surface area contributed by atoms with Crippen molar-refractivity contribution in [1.82, 2.24) is 14.5 Å². The van der Waals surface area contributed by atoms with Crippen LogP contribution in [-0.2, 0) is 6.54 Å². The SMILES string of the molecule is Cc1cn(Cc2cnc(Cl)s2)c(=O)[nH]c1=O. The van der Waals surface area contributed by atoms with Crippen molar-refractivity contribution in [1.29, 1.82) is 0 Å². The fraction of sp³-hybridized carbons (Fsp3) is 0.222. The smallest absolute Gasteiger partial charge is 0.295 e. The minimum Gasteiger partial charge on any atom is -0.295 e. The van der Waals surface area contributed by atoms with Gasteiger partial charge in [0.15, 0.2) is 4.47 Å². The van der Waals surface area contributed by atoms with Crippen LogP contribution in [0.25, 0.3) is 0 Å². The predicted molar refractivity (Wildman–Crippen MR) is 62.3 cm³/mol. The van der Waals surface area contributed by atoms with E-state index in [-0.39, 0.29) is 5.56 Å². The number of H-pyrrole nitrogens is 1. The Labute approximate surface area is 99.4 Å². The van der Waals surface area contributed by atoms with E-state index in [1.165, 1.54) is 22.1 Å². The molecule has 0 saturated heterocycles. The Bertz CT molecular complexity index is 628. The van der Waals surface area contributed by atoms with Crippen LogP contribution in [-0.4, -0.2) is 14.5 Å². The van der Waals surface area contributed by atoms with Crippen molar-refractivity contribution in [3.8, 4) is 0 Å². The Kier molecular flexibility index (Phi) is 2.93. The summed E-state index contributed by atoms with van der Waals surface area (Å²) in [6.45, 7) is 2.01. The van der Waals surface area contributed by atoms with Gasteiger partial charge in [-0.1, -0.05) is 11.6 Å². The lowest BCUT2D eigenvalue weighted by atomic mass is 10.4. The summed E-state index contributed by atoms with van der Waals surface area (Å²) in [7, 11) is 0. The van der Waals surface area contributed by atoms with E-state index in [4.69, 9.17) is 11.6 Å². The van der Waals surface area contributed by atoms with Gasteiger partial charge in [0, 0.05) is 22.8 Å². The van der Waals surface area contributed by atoms with E-state index in [2.05, 4.69) is 9.97 Å². The predicted octanol–water partition coefficient (Wildman–Crippen LogP) is 1.00. The lowest BCUT2D eigenvalue weighted by Gasteiger charge is -2.02. The van der Waals surface area contributed by atoms with Crippen LogP contribution in [0.2, 0.25) is 4.47 Å². The summed E-state index contributed by atoms with van der Waals surface area (Å²) < 4.78 is 1.85. The van der Waals surface area contributed by atoms with Gasteiger partial charge in [-0.2, -0.15) is 0 Å². The lowest BCUT2D eigenvalue weighted by molar-refractivity contribution is 0.720. The number of halogens is 1. The standard InChI is InChI=1S/C9H8ClN3O2S/c1-5-3-13(9(15)12-7(5)14)4-6-2-11-8(10)16-6/h2-3H,4H2,1H3,(H,12,14,15). The topological polar surface area (TPSA) is 67.8 Å². The fourth-order valence-corrected chi connectivity index (χ4v) is 2.24. The Balaban J connectivity index is 2.39. The number of aryl methyl sites for hydroxylation is 1. The van der Waals surface area contributed by atoms with Gasteiger partial charge in [0.1, 0.15) is 0 Å². The molecule has 0 saturated carbocycles. The zero-order chi connectivity index (χ0) is 11.7. The molecule has 84 valence electrons. The summed E-state index contributed by atoms with van der Waals surface area (Å²) in [4.78, 5) is 29.6. The monoisotopic (exact) mass is 257 g/mol. The number of nitrogens with zero attached hydrogens (tertiary/aromatic N) is 2. The van der Waals surface area contributed by atoms with Crippen molar-refractivity contribution in [2.75, 3.05) is 0 Å². The molecule has 2 aromatic heterocycles. The number of aromatic nitrogens is 3. The van der Waals surface area contributed by atoms with Crippen LogP contribution >= 0.6 is 22.9 Å². The van der Waals surface area contributed by atoms with E-state index >= 15 is 0 Å². The molecule has 0 bridgehead atoms. The van der Waals surface area contributed by atoms with Crippen LogP contribution in [0.15, 0.2) is 22.0 Å². The van der Waals surface area contributed by atoms with Gasteiger partial charge in [0.2, 0.25) is 0 Å². The average Bonchev–Trinajstić information content (AvgIpc) is 2.60. The van der Waals surface area contributed by atoms with Crippen LogP contribution in [0.1, 0.15) is 10.4 Å². The van der Waals surface area contributed by atoms with E-state index in [0.29, 0.717) is 16.6 Å². The molecule has 0 amide bonds. The molecule has 0 aliphatic rings. The normalized spacial score (nSPS) is 10.6. The van der Waals surface area contributed by atoms with E-state index < -0.39 is 5.69 Å². The summed E-state index contributed by atoms with van der Waals surface area (Å²) in [6, 6.07) is 0. The van der Waals surface area contributed by atoms with Crippen molar-refractivity contribution >= 4 is 22.9 Å². The van der Waals surface area contributed by atoms with Gasteiger partial charge in [-0.05, 0) is 6.92 Å². The molecule has 7 heteroatoms. The summed E-state index contributed by atoms with van der Waals surface area (Å²) in [5, 5.41) is 0. The molecule has 0 aliphatic heterocycles. The molecule has 0 fully saturated rings. The van der Waals surface area contributed by atoms with Crippen molar-refractivity contribution in [3.05, 3.63) is 48.1 Å². The second-order valence-corrected chi connectivity index (χ2v) is 4.98. The number of hydrogen-bond acceptors (Lipinski definition) is 4. The molecule has 0 aromatic carbocycles. The Morgan fingerprint density at radius 1 is 1.56 bits per heavy atom. The molecule has 0 unspecified atom stereocenters. The lowest BCUT2D eigenvalue weighted by Crippen LogP contribution is -2.30. The summed E-state index contributed by atoms with van der Waals surface area (Å²) in [5.74, 6) is 0. The Hall–Kier alpha value is -1.40. The highest BCUT2D eigenvalue weighted by atomic mass is 35.5. The third kappa shape index (κ3) is 2.23. The largest absolute Gasteiger partial charge is 0.328 e. The molecule has 0 atom stereocenters. The van der Waals surface area contributed by atoms with Crippen LogP contribution in [0.4, 0.5) is 0 Å². The highest BCUT2D eigenvalue weighted by Gasteiger charge is 2.04. The first-order valence-electron chi connectivity index (χ1n) is 4.47. The van der Waals surface area contributed by atoms with E-state index in [0.717, 1.165) is 4.88 Å². The number of hydrogen-bond donors (Lipinski definition) is 1. The maximum Gasteiger partial charge on any atom is 0.328 e. The van der Waals surface area contributed by atoms with Crippen LogP contribution < -0.4 is 11.2 Å². The van der Waals surface area contributed by atoms with Crippen molar-refractivity contribution in [3.63, 3.8) is 0 Å². The molecule has 0 spiro atoms. The van der Waals surface area contributed by atoms with E-state index in [9.17, 15) is 9.59 Å². The van der Waals surface area contributed by atoms with Crippen molar-refractivity contribution < 1.29 is 0 Å². The summed E-state index contributed by atoms with van der Waals surface area (Å²) in [6.07, 6.45) is 3.13. The molecule has 0 radical (unpaired) electrons. The number of rotatable bonds is 2. The average molecular weight is 258 g/mol. The van der Waals surface area contributed by atoms with Crippen molar-refractivity contribution in [2.24, 2.45) is 0 Å². The maximum atomic E-state index is 11.5. The summed E-state index contributed by atoms with van der Waals surface area (Å²) >= 11 is 6.99. The molecule has 2 heterocycles. The zero-order valence-corrected chi connectivity index (χ0v) is 9.93. The molecule has 0 aliphatic carbocycles. The highest BCUT2D eigenvalue weighted by molar-refractivity contribution is 7.15.